The number of alkyl halides is 3. The third-order valence-electron chi connectivity index (χ3n) is 2.47. The quantitative estimate of drug-likeness (QED) is 0.399. The molecule has 0 spiro atoms. The second kappa shape index (κ2) is 7.72. The van der Waals surface area contributed by atoms with Gasteiger partial charge in [0.1, 0.15) is 0 Å². The number of aromatic amines is 1. The first-order valence-corrected chi connectivity index (χ1v) is 8.67. The Morgan fingerprint density at radius 2 is 2.18 bits per heavy atom. The monoisotopic (exact) mass is 359 g/mol. The summed E-state index contributed by atoms with van der Waals surface area (Å²) in [5, 5.41) is 2.50. The second-order valence-electron chi connectivity index (χ2n) is 4.08. The number of aromatic nitrogens is 2. The molecular formula is C10H16F3N5O2S2. The lowest BCUT2D eigenvalue weighted by Crippen LogP contribution is -2.46. The van der Waals surface area contributed by atoms with E-state index < -0.39 is 21.5 Å². The van der Waals surface area contributed by atoms with Gasteiger partial charge in [0.05, 0.1) is 12.0 Å². The highest BCUT2D eigenvalue weighted by atomic mass is 32.2. The zero-order valence-corrected chi connectivity index (χ0v) is 13.5. The van der Waals surface area contributed by atoms with Crippen LogP contribution in [0.3, 0.4) is 0 Å². The van der Waals surface area contributed by atoms with E-state index in [4.69, 9.17) is 0 Å². The standard InChI is InChI=1S/C10H16F3N5O2S2/c1-7-8(17-6-16-7)5-21-4-3-15-9(14-2)18-22(19,20)10(11,12)13/h6H,3-5H2,1-2H3,(H,16,17)(H2,14,15,18). The Labute approximate surface area is 130 Å². The smallest absolute Gasteiger partial charge is 0.355 e. The lowest BCUT2D eigenvalue weighted by atomic mass is 10.4. The van der Waals surface area contributed by atoms with Gasteiger partial charge >= 0.3 is 15.5 Å². The van der Waals surface area contributed by atoms with E-state index in [0.29, 0.717) is 11.5 Å². The number of H-pyrrole nitrogens is 1. The number of aliphatic imine (C=N–C) groups is 1. The molecule has 1 aromatic rings. The van der Waals surface area contributed by atoms with Crippen molar-refractivity contribution in [3.63, 3.8) is 0 Å². The van der Waals surface area contributed by atoms with E-state index in [9.17, 15) is 21.6 Å². The summed E-state index contributed by atoms with van der Waals surface area (Å²) in [7, 11) is -4.28. The topological polar surface area (TPSA) is 99.2 Å². The fourth-order valence-electron chi connectivity index (χ4n) is 1.29. The minimum absolute atomic E-state index is 0.251. The molecule has 0 unspecified atom stereocenters. The first-order chi connectivity index (χ1) is 10.2. The van der Waals surface area contributed by atoms with Crippen molar-refractivity contribution < 1.29 is 21.6 Å². The van der Waals surface area contributed by atoms with Crippen LogP contribution in [0.5, 0.6) is 0 Å². The first kappa shape index (κ1) is 18.6. The van der Waals surface area contributed by atoms with E-state index in [0.717, 1.165) is 11.4 Å². The maximum atomic E-state index is 12.2. The highest BCUT2D eigenvalue weighted by Crippen LogP contribution is 2.21. The Kier molecular flexibility index (Phi) is 6.53. The Balaban J connectivity index is 2.35. The molecule has 3 N–H and O–H groups in total. The van der Waals surface area contributed by atoms with Gasteiger partial charge in [-0.2, -0.15) is 33.4 Å². The molecule has 126 valence electrons. The zero-order chi connectivity index (χ0) is 16.8. The van der Waals surface area contributed by atoms with Crippen LogP contribution in [0.4, 0.5) is 13.2 Å². The molecule has 0 saturated carbocycles. The van der Waals surface area contributed by atoms with Gasteiger partial charge in [-0.1, -0.05) is 0 Å². The summed E-state index contributed by atoms with van der Waals surface area (Å²) < 4.78 is 59.9. The minimum Gasteiger partial charge on any atom is -0.355 e. The van der Waals surface area contributed by atoms with Crippen molar-refractivity contribution in [3.8, 4) is 0 Å². The predicted octanol–water partition coefficient (Wildman–Crippen LogP) is 0.966. The van der Waals surface area contributed by atoms with Crippen LogP contribution in [0, 0.1) is 6.92 Å². The molecule has 0 aliphatic rings. The van der Waals surface area contributed by atoms with Gasteiger partial charge in [-0.15, -0.1) is 0 Å². The molecule has 0 aliphatic carbocycles. The van der Waals surface area contributed by atoms with Gasteiger partial charge in [0.2, 0.25) is 5.96 Å². The van der Waals surface area contributed by atoms with Crippen molar-refractivity contribution in [2.75, 3.05) is 19.3 Å². The maximum absolute atomic E-state index is 12.2. The Hall–Kier alpha value is -1.43. The van der Waals surface area contributed by atoms with Crippen LogP contribution in [0.15, 0.2) is 11.3 Å². The van der Waals surface area contributed by atoms with Gasteiger partial charge in [-0.25, -0.2) is 9.71 Å². The van der Waals surface area contributed by atoms with E-state index >= 15 is 0 Å². The molecule has 0 bridgehead atoms. The van der Waals surface area contributed by atoms with Crippen LogP contribution < -0.4 is 10.0 Å². The molecule has 7 nitrogen and oxygen atoms in total. The molecule has 0 radical (unpaired) electrons. The summed E-state index contributed by atoms with van der Waals surface area (Å²) in [4.78, 5) is 10.5. The van der Waals surface area contributed by atoms with E-state index in [-0.39, 0.29) is 6.54 Å². The molecular weight excluding hydrogens is 343 g/mol. The molecule has 0 aromatic carbocycles. The van der Waals surface area contributed by atoms with Gasteiger partial charge in [0.15, 0.2) is 0 Å². The van der Waals surface area contributed by atoms with Crippen molar-refractivity contribution in [2.24, 2.45) is 4.99 Å². The third kappa shape index (κ3) is 5.40. The largest absolute Gasteiger partial charge is 0.516 e. The Bertz CT molecular complexity index is 612. The van der Waals surface area contributed by atoms with Crippen molar-refractivity contribution >= 4 is 27.7 Å². The summed E-state index contributed by atoms with van der Waals surface area (Å²) in [6, 6.07) is 0. The summed E-state index contributed by atoms with van der Waals surface area (Å²) in [5.41, 5.74) is -3.53. The number of sulfonamides is 1. The van der Waals surface area contributed by atoms with E-state index in [1.165, 1.54) is 23.5 Å². The number of hydrogen-bond donors (Lipinski definition) is 3. The van der Waals surface area contributed by atoms with Crippen LogP contribution >= 0.6 is 11.8 Å². The molecule has 0 saturated heterocycles. The van der Waals surface area contributed by atoms with Crippen molar-refractivity contribution in [1.82, 2.24) is 20.0 Å². The number of nitrogens with one attached hydrogen (secondary N) is 3. The minimum atomic E-state index is -5.46. The predicted molar refractivity (Wildman–Crippen MR) is 79.0 cm³/mol. The van der Waals surface area contributed by atoms with Gasteiger partial charge < -0.3 is 10.3 Å². The average molecular weight is 359 g/mol. The number of halogens is 3. The van der Waals surface area contributed by atoms with E-state index in [1.54, 1.807) is 6.33 Å². The van der Waals surface area contributed by atoms with Gasteiger partial charge in [-0.3, -0.25) is 4.99 Å². The molecule has 12 heteroatoms. The normalized spacial score (nSPS) is 13.2. The average Bonchev–Trinajstić information content (AvgIpc) is 2.81. The van der Waals surface area contributed by atoms with Gasteiger partial charge in [0, 0.05) is 30.8 Å². The molecule has 0 fully saturated rings. The molecule has 1 aromatic heterocycles. The third-order valence-corrected chi connectivity index (χ3v) is 4.51. The summed E-state index contributed by atoms with van der Waals surface area (Å²) in [6.07, 6.45) is 1.58. The lowest BCUT2D eigenvalue weighted by Gasteiger charge is -2.13. The maximum Gasteiger partial charge on any atom is 0.516 e. The number of guanidine groups is 1. The van der Waals surface area contributed by atoms with Crippen molar-refractivity contribution in [3.05, 3.63) is 17.7 Å². The number of nitrogens with zero attached hydrogens (tertiary/aromatic N) is 2. The summed E-state index contributed by atoms with van der Waals surface area (Å²) in [6.45, 7) is 2.14. The number of thioether (sulfide) groups is 1. The van der Waals surface area contributed by atoms with Crippen molar-refractivity contribution in [1.29, 1.82) is 0 Å². The molecule has 1 rings (SSSR count). The van der Waals surface area contributed by atoms with E-state index in [1.807, 2.05) is 6.92 Å². The highest BCUT2D eigenvalue weighted by Gasteiger charge is 2.46. The number of hydrogen-bond acceptors (Lipinski definition) is 5. The van der Waals surface area contributed by atoms with Crippen LogP contribution in [0.1, 0.15) is 11.4 Å². The summed E-state index contributed by atoms with van der Waals surface area (Å²) in [5.74, 6) is 0.733. The number of imidazole rings is 1. The number of aryl methyl sites for hydroxylation is 1. The zero-order valence-electron chi connectivity index (χ0n) is 11.9. The summed E-state index contributed by atoms with van der Waals surface area (Å²) >= 11 is 1.50. The van der Waals surface area contributed by atoms with Crippen LogP contribution in [0.2, 0.25) is 0 Å². The van der Waals surface area contributed by atoms with Crippen molar-refractivity contribution in [2.45, 2.75) is 18.2 Å². The Morgan fingerprint density at radius 3 is 2.68 bits per heavy atom. The number of rotatable bonds is 6. The SMILES string of the molecule is CN=C(NCCSCc1nc[nH]c1C)NS(=O)(=O)C(F)(F)F. The molecule has 0 atom stereocenters. The molecule has 0 aliphatic heterocycles. The highest BCUT2D eigenvalue weighted by molar-refractivity contribution is 7.98. The van der Waals surface area contributed by atoms with E-state index in [2.05, 4.69) is 20.3 Å². The fraction of sp³-hybridized carbons (Fsp3) is 0.600. The molecule has 22 heavy (non-hydrogen) atoms. The molecule has 0 amide bonds. The lowest BCUT2D eigenvalue weighted by molar-refractivity contribution is -0.0442. The van der Waals surface area contributed by atoms with Gasteiger partial charge in [0.25, 0.3) is 0 Å². The first-order valence-electron chi connectivity index (χ1n) is 6.03. The van der Waals surface area contributed by atoms with Gasteiger partial charge in [-0.05, 0) is 6.92 Å². The molecule has 1 heterocycles. The Morgan fingerprint density at radius 1 is 1.50 bits per heavy atom. The van der Waals surface area contributed by atoms with Crippen LogP contribution in [-0.2, 0) is 15.8 Å². The second-order valence-corrected chi connectivity index (χ2v) is 6.86. The van der Waals surface area contributed by atoms with Crippen LogP contribution in [0.25, 0.3) is 0 Å². The van der Waals surface area contributed by atoms with Crippen LogP contribution in [-0.4, -0.2) is 49.2 Å². The fourth-order valence-corrected chi connectivity index (χ4v) is 2.70.